The quantitative estimate of drug-likeness (QED) is 0.353. The standard InChI is InChI=1S/C32H26N4O6/c1-19-24(9-6-7-20-11-15-22(16-12-20)34(2)3)29(37)35(23-17-13-21(14-18-23)31(39)40)28-27(19)30(38)36(33-28)26-10-5-4-8-25(26)32(41)42/h4-18H,1-3H3,(H,39,40)(H,41,42)/b7-6?,24-9-. The molecule has 2 heterocycles. The first-order chi connectivity index (χ1) is 20.1. The van der Waals surface area contributed by atoms with Crippen LogP contribution in [0.25, 0.3) is 17.8 Å². The van der Waals surface area contributed by atoms with Crippen molar-refractivity contribution in [1.29, 1.82) is 0 Å². The molecule has 1 aliphatic rings. The number of carbonyl (C=O) groups excluding carboxylic acids is 1. The highest BCUT2D eigenvalue weighted by molar-refractivity contribution is 6.10. The van der Waals surface area contributed by atoms with Crippen molar-refractivity contribution in [1.82, 2.24) is 4.57 Å². The summed E-state index contributed by atoms with van der Waals surface area (Å²) in [6.07, 6.45) is 5.16. The van der Waals surface area contributed by atoms with Crippen LogP contribution in [0.2, 0.25) is 0 Å². The van der Waals surface area contributed by atoms with Crippen molar-refractivity contribution in [3.63, 3.8) is 0 Å². The highest BCUT2D eigenvalue weighted by atomic mass is 16.4. The van der Waals surface area contributed by atoms with Gasteiger partial charge in [0.1, 0.15) is 0 Å². The van der Waals surface area contributed by atoms with Crippen molar-refractivity contribution in [3.05, 3.63) is 128 Å². The number of carbonyl (C=O) groups is 3. The summed E-state index contributed by atoms with van der Waals surface area (Å²) in [6, 6.07) is 19.4. The van der Waals surface area contributed by atoms with E-state index in [9.17, 15) is 29.4 Å². The van der Waals surface area contributed by atoms with Gasteiger partial charge in [0.2, 0.25) is 0 Å². The zero-order valence-corrected chi connectivity index (χ0v) is 23.0. The molecule has 4 aromatic rings. The van der Waals surface area contributed by atoms with E-state index in [0.717, 1.165) is 16.3 Å². The van der Waals surface area contributed by atoms with E-state index in [1.54, 1.807) is 31.2 Å². The fourth-order valence-corrected chi connectivity index (χ4v) is 4.72. The molecule has 1 aliphatic heterocycles. The average molecular weight is 563 g/mol. The Bertz CT molecular complexity index is 1960. The van der Waals surface area contributed by atoms with Gasteiger partial charge in [-0.3, -0.25) is 14.2 Å². The molecule has 0 aliphatic carbocycles. The monoisotopic (exact) mass is 562 g/mol. The molecule has 0 radical (unpaired) electrons. The molecule has 0 spiro atoms. The number of benzene rings is 3. The summed E-state index contributed by atoms with van der Waals surface area (Å²) in [5.41, 5.74) is 2.24. The van der Waals surface area contributed by atoms with Crippen LogP contribution in [-0.4, -0.2) is 46.7 Å². The number of anilines is 2. The lowest BCUT2D eigenvalue weighted by Gasteiger charge is -2.14. The molecule has 10 nitrogen and oxygen atoms in total. The van der Waals surface area contributed by atoms with Crippen LogP contribution in [0.15, 0.2) is 88.8 Å². The summed E-state index contributed by atoms with van der Waals surface area (Å²) >= 11 is 0. The van der Waals surface area contributed by atoms with Crippen LogP contribution >= 0.6 is 0 Å². The summed E-state index contributed by atoms with van der Waals surface area (Å²) in [5, 5.41) is 24.7. The third kappa shape index (κ3) is 4.97. The molecule has 5 rings (SSSR count). The Morgan fingerprint density at radius 3 is 2.17 bits per heavy atom. The van der Waals surface area contributed by atoms with E-state index in [4.69, 9.17) is 0 Å². The molecule has 0 bridgehead atoms. The predicted octanol–water partition coefficient (Wildman–Crippen LogP) is 3.30. The van der Waals surface area contributed by atoms with Gasteiger partial charge in [-0.15, -0.1) is 5.10 Å². The van der Waals surface area contributed by atoms with E-state index in [1.165, 1.54) is 41.0 Å². The summed E-state index contributed by atoms with van der Waals surface area (Å²) in [6.45, 7) is 1.64. The van der Waals surface area contributed by atoms with Crippen molar-refractivity contribution in [2.24, 2.45) is 5.10 Å². The average Bonchev–Trinajstić information content (AvgIpc) is 3.31. The second-order valence-electron chi connectivity index (χ2n) is 9.78. The SMILES string of the molecule is Cc1c2c(n(-c3ccc(C(=O)O)cc3)c(=O)/c1=C\C=Cc1ccc(N(C)C)cc1)=NN(c1ccccc1C(=O)O)C2=O. The summed E-state index contributed by atoms with van der Waals surface area (Å²) in [4.78, 5) is 53.0. The van der Waals surface area contributed by atoms with E-state index in [-0.39, 0.29) is 33.1 Å². The van der Waals surface area contributed by atoms with Gasteiger partial charge in [-0.25, -0.2) is 9.59 Å². The minimum atomic E-state index is -1.24. The van der Waals surface area contributed by atoms with Gasteiger partial charge < -0.3 is 15.1 Å². The molecule has 1 aromatic heterocycles. The zero-order valence-electron chi connectivity index (χ0n) is 23.0. The van der Waals surface area contributed by atoms with Crippen molar-refractivity contribution in [3.8, 4) is 5.69 Å². The van der Waals surface area contributed by atoms with E-state index < -0.39 is 23.4 Å². The van der Waals surface area contributed by atoms with Gasteiger partial charge in [-0.1, -0.05) is 36.4 Å². The van der Waals surface area contributed by atoms with E-state index >= 15 is 0 Å². The van der Waals surface area contributed by atoms with Gasteiger partial charge >= 0.3 is 11.9 Å². The van der Waals surface area contributed by atoms with E-state index in [0.29, 0.717) is 11.3 Å². The summed E-state index contributed by atoms with van der Waals surface area (Å²) in [7, 11) is 3.90. The molecule has 42 heavy (non-hydrogen) atoms. The van der Waals surface area contributed by atoms with Crippen molar-refractivity contribution in [2.75, 3.05) is 24.0 Å². The minimum Gasteiger partial charge on any atom is -0.478 e. The number of amides is 1. The number of nitrogens with zero attached hydrogens (tertiary/aromatic N) is 4. The zero-order chi connectivity index (χ0) is 30.1. The Morgan fingerprint density at radius 2 is 1.55 bits per heavy atom. The lowest BCUT2D eigenvalue weighted by molar-refractivity contribution is 0.0686. The Kier molecular flexibility index (Phi) is 7.28. The van der Waals surface area contributed by atoms with Gasteiger partial charge in [-0.2, -0.15) is 5.01 Å². The summed E-state index contributed by atoms with van der Waals surface area (Å²) < 4.78 is 1.24. The number of hydrogen-bond acceptors (Lipinski definition) is 6. The first-order valence-corrected chi connectivity index (χ1v) is 12.9. The molecule has 2 N–H and O–H groups in total. The highest BCUT2D eigenvalue weighted by Gasteiger charge is 2.32. The first kappa shape index (κ1) is 27.8. The maximum Gasteiger partial charge on any atom is 0.337 e. The molecule has 0 fully saturated rings. The smallest absolute Gasteiger partial charge is 0.337 e. The highest BCUT2D eigenvalue weighted by Crippen LogP contribution is 2.25. The lowest BCUT2D eigenvalue weighted by atomic mass is 10.1. The van der Waals surface area contributed by atoms with Crippen LogP contribution in [0.5, 0.6) is 0 Å². The van der Waals surface area contributed by atoms with Crippen LogP contribution in [0.4, 0.5) is 11.4 Å². The molecular formula is C32H26N4O6. The number of rotatable bonds is 7. The van der Waals surface area contributed by atoms with E-state index in [1.807, 2.05) is 49.3 Å². The molecule has 210 valence electrons. The van der Waals surface area contributed by atoms with Crippen LogP contribution in [0, 0.1) is 6.92 Å². The summed E-state index contributed by atoms with van der Waals surface area (Å²) in [5.74, 6) is -2.96. The fraction of sp³-hybridized carbons (Fsp3) is 0.0938. The first-order valence-electron chi connectivity index (χ1n) is 12.9. The Hall–Kier alpha value is -5.77. The molecule has 3 aromatic carbocycles. The van der Waals surface area contributed by atoms with Crippen molar-refractivity contribution >= 4 is 41.4 Å². The predicted molar refractivity (Wildman–Crippen MR) is 159 cm³/mol. The van der Waals surface area contributed by atoms with Gasteiger partial charge in [0.25, 0.3) is 11.5 Å². The number of para-hydroxylation sites is 1. The third-order valence-corrected chi connectivity index (χ3v) is 6.95. The molecular weight excluding hydrogens is 536 g/mol. The molecule has 0 saturated heterocycles. The second kappa shape index (κ2) is 11.0. The third-order valence-electron chi connectivity index (χ3n) is 6.95. The number of allylic oxidation sites excluding steroid dienone is 1. The van der Waals surface area contributed by atoms with Crippen molar-refractivity contribution in [2.45, 2.75) is 6.92 Å². The number of pyridine rings is 1. The maximum absolute atomic E-state index is 13.9. The molecule has 0 unspecified atom stereocenters. The molecule has 0 saturated carbocycles. The van der Waals surface area contributed by atoms with Crippen LogP contribution in [-0.2, 0) is 0 Å². The lowest BCUT2D eigenvalue weighted by Crippen LogP contribution is -2.45. The number of aromatic nitrogens is 1. The maximum atomic E-state index is 13.9. The van der Waals surface area contributed by atoms with Gasteiger partial charge in [0.05, 0.1) is 28.1 Å². The number of carboxylic acids is 2. The Labute approximate surface area is 240 Å². The van der Waals surface area contributed by atoms with Crippen LogP contribution in [0.3, 0.4) is 0 Å². The van der Waals surface area contributed by atoms with Gasteiger partial charge in [-0.05, 0) is 72.7 Å². The number of fused-ring (bicyclic) bond motifs is 1. The number of hydrogen-bond donors (Lipinski definition) is 2. The molecule has 10 heteroatoms. The van der Waals surface area contributed by atoms with Gasteiger partial charge in [0.15, 0.2) is 5.49 Å². The molecule has 0 atom stereocenters. The van der Waals surface area contributed by atoms with E-state index in [2.05, 4.69) is 5.10 Å². The molecule has 1 amide bonds. The second-order valence-corrected chi connectivity index (χ2v) is 9.78. The fourth-order valence-electron chi connectivity index (χ4n) is 4.72. The largest absolute Gasteiger partial charge is 0.478 e. The van der Waals surface area contributed by atoms with Gasteiger partial charge in [0, 0.05) is 25.0 Å². The normalized spacial score (nSPS) is 12.9. The Morgan fingerprint density at radius 1 is 0.881 bits per heavy atom. The van der Waals surface area contributed by atoms with Crippen LogP contribution in [0.1, 0.15) is 42.2 Å². The van der Waals surface area contributed by atoms with Crippen LogP contribution < -0.4 is 26.2 Å². The Balaban J connectivity index is 1.72. The number of aromatic carboxylic acids is 2. The van der Waals surface area contributed by atoms with Crippen molar-refractivity contribution < 1.29 is 24.6 Å². The minimum absolute atomic E-state index is 0.0196. The topological polar surface area (TPSA) is 133 Å². The number of carboxylic acid groups (broad SMARTS) is 2.